The number of hydrogen-bond donors (Lipinski definition) is 3. The van der Waals surface area contributed by atoms with Crippen LogP contribution in [0.3, 0.4) is 0 Å². The molecule has 1 aromatic heterocycles. The number of methoxy groups -OCH3 is 2. The van der Waals surface area contributed by atoms with Crippen molar-refractivity contribution in [2.75, 3.05) is 31.4 Å². The minimum atomic E-state index is -0.579. The predicted octanol–water partition coefficient (Wildman–Crippen LogP) is 6.46. The minimum absolute atomic E-state index is 0.0275. The van der Waals surface area contributed by atoms with Crippen LogP contribution >= 0.6 is 23.1 Å². The SMILES string of the molecule is CCC(Sc1cccc(NC(=O)/C(=C\c2cc(OC)ccc2OC)NC(=O)c2ccccc2)c1)C(=O)Nc1sc2c(c1C#N)CCN(C(C)=O)C2. The molecule has 0 radical (unpaired) electrons. The van der Waals surface area contributed by atoms with Gasteiger partial charge in [-0.2, -0.15) is 5.26 Å². The van der Waals surface area contributed by atoms with Gasteiger partial charge in [-0.15, -0.1) is 23.1 Å². The van der Waals surface area contributed by atoms with E-state index in [1.54, 1.807) is 71.6 Å². The van der Waals surface area contributed by atoms with E-state index in [0.717, 1.165) is 15.3 Å². The van der Waals surface area contributed by atoms with Crippen LogP contribution in [-0.2, 0) is 27.3 Å². The Balaban J connectivity index is 1.34. The Kier molecular flexibility index (Phi) is 12.2. The van der Waals surface area contributed by atoms with Gasteiger partial charge in [0.2, 0.25) is 11.8 Å². The van der Waals surface area contributed by atoms with Gasteiger partial charge in [0, 0.05) is 40.1 Å². The average molecular weight is 724 g/mol. The molecule has 5 rings (SSSR count). The molecule has 0 aliphatic carbocycles. The zero-order chi connectivity index (χ0) is 36.5. The molecule has 3 aromatic carbocycles. The number of nitrogens with one attached hydrogen (secondary N) is 3. The Hall–Kier alpha value is -5.58. The van der Waals surface area contributed by atoms with Gasteiger partial charge >= 0.3 is 0 Å². The highest BCUT2D eigenvalue weighted by atomic mass is 32.2. The molecular formula is C38H37N5O6S2. The summed E-state index contributed by atoms with van der Waals surface area (Å²) in [6.45, 7) is 4.38. The Morgan fingerprint density at radius 1 is 1.02 bits per heavy atom. The summed E-state index contributed by atoms with van der Waals surface area (Å²) in [4.78, 5) is 55.7. The van der Waals surface area contributed by atoms with Crippen molar-refractivity contribution in [2.45, 2.75) is 43.4 Å². The van der Waals surface area contributed by atoms with E-state index >= 15 is 0 Å². The Morgan fingerprint density at radius 2 is 1.80 bits per heavy atom. The standard InChI is InChI=1S/C38H37N5O6S2/c1-5-33(37(47)42-38-30(21-39)29-16-17-43(23(2)44)22-34(29)51-38)50-28-13-9-12-26(20-28)40-36(46)31(41-35(45)24-10-7-6-8-11-24)19-25-18-27(48-3)14-15-32(25)49-4/h6-15,18-20,33H,5,16-17,22H2,1-4H3,(H,40,46)(H,41,45)(H,42,47)/b31-19+. The van der Waals surface area contributed by atoms with Crippen molar-refractivity contribution in [3.63, 3.8) is 0 Å². The van der Waals surface area contributed by atoms with Gasteiger partial charge in [-0.3, -0.25) is 19.2 Å². The summed E-state index contributed by atoms with van der Waals surface area (Å²) in [6.07, 6.45) is 2.58. The van der Waals surface area contributed by atoms with Crippen LogP contribution in [0.1, 0.15) is 52.2 Å². The third kappa shape index (κ3) is 8.97. The van der Waals surface area contributed by atoms with E-state index in [9.17, 15) is 24.4 Å². The zero-order valence-corrected chi connectivity index (χ0v) is 30.2. The maximum atomic E-state index is 13.8. The van der Waals surface area contributed by atoms with Crippen LogP contribution in [0.15, 0.2) is 83.4 Å². The predicted molar refractivity (Wildman–Crippen MR) is 199 cm³/mol. The number of fused-ring (bicyclic) bond motifs is 1. The number of nitriles is 1. The number of benzene rings is 3. The summed E-state index contributed by atoms with van der Waals surface area (Å²) in [6, 6.07) is 23.0. The first-order valence-electron chi connectivity index (χ1n) is 16.1. The molecule has 1 unspecified atom stereocenters. The van der Waals surface area contributed by atoms with Crippen LogP contribution in [0.5, 0.6) is 11.5 Å². The molecule has 2 heterocycles. The fourth-order valence-corrected chi connectivity index (χ4v) is 7.68. The molecule has 11 nitrogen and oxygen atoms in total. The summed E-state index contributed by atoms with van der Waals surface area (Å²) in [5.41, 5.74) is 2.64. The summed E-state index contributed by atoms with van der Waals surface area (Å²) in [7, 11) is 3.04. The lowest BCUT2D eigenvalue weighted by atomic mass is 10.0. The number of thiophene rings is 1. The molecule has 4 amide bonds. The highest BCUT2D eigenvalue weighted by Gasteiger charge is 2.28. The van der Waals surface area contributed by atoms with Crippen LogP contribution in [-0.4, -0.2) is 54.5 Å². The molecule has 13 heteroatoms. The van der Waals surface area contributed by atoms with Crippen LogP contribution in [0.4, 0.5) is 10.7 Å². The third-order valence-electron chi connectivity index (χ3n) is 8.15. The Labute approximate surface area is 304 Å². The monoisotopic (exact) mass is 723 g/mol. The number of carbonyl (C=O) groups is 4. The lowest BCUT2D eigenvalue weighted by Crippen LogP contribution is -2.33. The van der Waals surface area contributed by atoms with Crippen molar-refractivity contribution in [1.29, 1.82) is 5.26 Å². The van der Waals surface area contributed by atoms with E-state index < -0.39 is 17.1 Å². The number of hydrogen-bond acceptors (Lipinski definition) is 9. The topological polar surface area (TPSA) is 150 Å². The van der Waals surface area contributed by atoms with Gasteiger partial charge in [-0.05, 0) is 73.0 Å². The largest absolute Gasteiger partial charge is 0.497 e. The van der Waals surface area contributed by atoms with Gasteiger partial charge in [-0.25, -0.2) is 0 Å². The van der Waals surface area contributed by atoms with Gasteiger partial charge in [0.1, 0.15) is 28.3 Å². The van der Waals surface area contributed by atoms with E-state index in [4.69, 9.17) is 9.47 Å². The van der Waals surface area contributed by atoms with Gasteiger partial charge in [0.05, 0.1) is 31.6 Å². The molecular weight excluding hydrogens is 687 g/mol. The van der Waals surface area contributed by atoms with E-state index in [2.05, 4.69) is 22.0 Å². The highest BCUT2D eigenvalue weighted by molar-refractivity contribution is 8.00. The first-order valence-corrected chi connectivity index (χ1v) is 17.8. The van der Waals surface area contributed by atoms with Crippen LogP contribution in [0.25, 0.3) is 6.08 Å². The first kappa shape index (κ1) is 36.7. The van der Waals surface area contributed by atoms with Crippen LogP contribution in [0.2, 0.25) is 0 Å². The normalized spacial score (nSPS) is 12.9. The molecule has 0 saturated heterocycles. The Morgan fingerprint density at radius 3 is 2.49 bits per heavy atom. The second-order valence-electron chi connectivity index (χ2n) is 11.5. The zero-order valence-electron chi connectivity index (χ0n) is 28.6. The van der Waals surface area contributed by atoms with Crippen molar-refractivity contribution < 1.29 is 28.7 Å². The number of ether oxygens (including phenoxy) is 2. The molecule has 0 saturated carbocycles. The van der Waals surface area contributed by atoms with Crippen LogP contribution in [0, 0.1) is 11.3 Å². The lowest BCUT2D eigenvalue weighted by Gasteiger charge is -2.25. The summed E-state index contributed by atoms with van der Waals surface area (Å²) >= 11 is 2.66. The second-order valence-corrected chi connectivity index (χ2v) is 13.9. The highest BCUT2D eigenvalue weighted by Crippen LogP contribution is 2.38. The fourth-order valence-electron chi connectivity index (χ4n) is 5.45. The summed E-state index contributed by atoms with van der Waals surface area (Å²) in [5.74, 6) is -0.318. The molecule has 0 fully saturated rings. The Bertz CT molecular complexity index is 2020. The fraction of sp³-hybridized carbons (Fsp3) is 0.237. The minimum Gasteiger partial charge on any atom is -0.497 e. The van der Waals surface area contributed by atoms with Crippen molar-refractivity contribution in [3.8, 4) is 17.6 Å². The smallest absolute Gasteiger partial charge is 0.272 e. The number of nitrogens with zero attached hydrogens (tertiary/aromatic N) is 2. The van der Waals surface area contributed by atoms with Gasteiger partial charge < -0.3 is 30.3 Å². The van der Waals surface area contributed by atoms with Gasteiger partial charge in [0.15, 0.2) is 0 Å². The van der Waals surface area contributed by atoms with Crippen molar-refractivity contribution in [3.05, 3.63) is 106 Å². The molecule has 51 heavy (non-hydrogen) atoms. The van der Waals surface area contributed by atoms with E-state index in [1.807, 2.05) is 13.0 Å². The molecule has 4 aromatic rings. The lowest BCUT2D eigenvalue weighted by molar-refractivity contribution is -0.129. The molecule has 3 N–H and O–H groups in total. The molecule has 1 atom stereocenters. The molecule has 1 aliphatic rings. The summed E-state index contributed by atoms with van der Waals surface area (Å²) < 4.78 is 10.8. The van der Waals surface area contributed by atoms with E-state index in [-0.39, 0.29) is 17.5 Å². The maximum Gasteiger partial charge on any atom is 0.272 e. The second kappa shape index (κ2) is 16.9. The molecule has 0 spiro atoms. The average Bonchev–Trinajstić information content (AvgIpc) is 3.49. The molecule has 1 aliphatic heterocycles. The van der Waals surface area contributed by atoms with Crippen LogP contribution < -0.4 is 25.4 Å². The van der Waals surface area contributed by atoms with E-state index in [0.29, 0.717) is 64.8 Å². The number of thioether (sulfide) groups is 1. The number of anilines is 2. The van der Waals surface area contributed by atoms with E-state index in [1.165, 1.54) is 50.3 Å². The van der Waals surface area contributed by atoms with Gasteiger partial charge in [-0.1, -0.05) is 31.2 Å². The molecule has 0 bridgehead atoms. The van der Waals surface area contributed by atoms with Crippen molar-refractivity contribution in [1.82, 2.24) is 10.2 Å². The number of amides is 4. The van der Waals surface area contributed by atoms with Crippen molar-refractivity contribution >= 4 is 63.5 Å². The summed E-state index contributed by atoms with van der Waals surface area (Å²) in [5, 5.41) is 18.5. The maximum absolute atomic E-state index is 13.8. The van der Waals surface area contributed by atoms with Gasteiger partial charge in [0.25, 0.3) is 11.8 Å². The first-order chi connectivity index (χ1) is 24.6. The quantitative estimate of drug-likeness (QED) is 0.111. The number of rotatable bonds is 12. The molecule has 262 valence electrons. The van der Waals surface area contributed by atoms with Crippen molar-refractivity contribution in [2.24, 2.45) is 0 Å². The number of carbonyl (C=O) groups excluding carboxylic acids is 4. The third-order valence-corrected chi connectivity index (χ3v) is 10.6.